The molecule has 0 aromatic heterocycles. The van der Waals surface area contributed by atoms with E-state index in [1.807, 2.05) is 24.3 Å². The van der Waals surface area contributed by atoms with E-state index in [2.05, 4.69) is 47.6 Å². The molecule has 0 amide bonds. The normalized spacial score (nSPS) is 14.7. The predicted molar refractivity (Wildman–Crippen MR) is 109 cm³/mol. The van der Waals surface area contributed by atoms with Gasteiger partial charge in [-0.15, -0.1) is 0 Å². The van der Waals surface area contributed by atoms with E-state index in [-0.39, 0.29) is 0 Å². The molecule has 136 valence electrons. The van der Waals surface area contributed by atoms with Crippen LogP contribution in [0, 0.1) is 25.2 Å². The molecule has 1 saturated heterocycles. The lowest BCUT2D eigenvalue weighted by Gasteiger charge is -2.26. The van der Waals surface area contributed by atoms with Crippen molar-refractivity contribution in [2.24, 2.45) is 0 Å². The number of hydrogen-bond donors (Lipinski definition) is 2. The van der Waals surface area contributed by atoms with Gasteiger partial charge in [-0.05, 0) is 69.6 Å². The Bertz CT molecular complexity index is 768. The average Bonchev–Trinajstić information content (AvgIpc) is 2.67. The van der Waals surface area contributed by atoms with Gasteiger partial charge in [-0.25, -0.2) is 0 Å². The Hall–Kier alpha value is -2.51. The van der Waals surface area contributed by atoms with Crippen molar-refractivity contribution in [1.82, 2.24) is 4.90 Å². The number of rotatable bonds is 6. The summed E-state index contributed by atoms with van der Waals surface area (Å²) in [4.78, 5) is 2.53. The molecule has 2 aromatic carbocycles. The number of aryl methyl sites for hydroxylation is 1. The fourth-order valence-corrected chi connectivity index (χ4v) is 3.47. The summed E-state index contributed by atoms with van der Waals surface area (Å²) in [5.41, 5.74) is 5.96. The number of hydrogen-bond acceptors (Lipinski definition) is 4. The summed E-state index contributed by atoms with van der Waals surface area (Å²) in [6.07, 6.45) is 4.01. The molecule has 1 heterocycles. The Balaban J connectivity index is 1.70. The van der Waals surface area contributed by atoms with Crippen molar-refractivity contribution in [3.8, 4) is 6.07 Å². The molecule has 4 nitrogen and oxygen atoms in total. The maximum Gasteiger partial charge on any atom is 0.101 e. The summed E-state index contributed by atoms with van der Waals surface area (Å²) in [6.45, 7) is 8.57. The molecule has 0 aliphatic carbocycles. The van der Waals surface area contributed by atoms with Gasteiger partial charge in [-0.2, -0.15) is 5.26 Å². The van der Waals surface area contributed by atoms with Gasteiger partial charge < -0.3 is 15.5 Å². The van der Waals surface area contributed by atoms with Crippen LogP contribution in [-0.4, -0.2) is 31.1 Å². The molecule has 0 bridgehead atoms. The Kier molecular flexibility index (Phi) is 6.14. The minimum absolute atomic E-state index is 0.671. The van der Waals surface area contributed by atoms with Crippen molar-refractivity contribution in [1.29, 1.82) is 5.26 Å². The minimum atomic E-state index is 0.671. The topological polar surface area (TPSA) is 51.1 Å². The molecule has 1 fully saturated rings. The zero-order valence-corrected chi connectivity index (χ0v) is 15.8. The van der Waals surface area contributed by atoms with Crippen molar-refractivity contribution in [3.05, 3.63) is 53.1 Å². The van der Waals surface area contributed by atoms with E-state index in [0.29, 0.717) is 5.56 Å². The third-order valence-electron chi connectivity index (χ3n) is 5.10. The van der Waals surface area contributed by atoms with Crippen LogP contribution in [0.2, 0.25) is 0 Å². The van der Waals surface area contributed by atoms with Crippen LogP contribution in [0.4, 0.5) is 17.1 Å². The molecule has 26 heavy (non-hydrogen) atoms. The van der Waals surface area contributed by atoms with Gasteiger partial charge in [0.25, 0.3) is 0 Å². The second kappa shape index (κ2) is 8.73. The van der Waals surface area contributed by atoms with Crippen molar-refractivity contribution in [2.45, 2.75) is 33.1 Å². The zero-order valence-electron chi connectivity index (χ0n) is 15.8. The number of nitrogens with one attached hydrogen (secondary N) is 2. The molecule has 3 rings (SSSR count). The SMILES string of the molecule is Cc1ccc(Nc2c(C#N)ccc(NCCN3CCCCC3)c2C)cc1. The first-order valence-corrected chi connectivity index (χ1v) is 9.51. The molecule has 0 spiro atoms. The molecular weight excluding hydrogens is 320 g/mol. The van der Waals surface area contributed by atoms with Crippen LogP contribution >= 0.6 is 0 Å². The summed E-state index contributed by atoms with van der Waals surface area (Å²) < 4.78 is 0. The van der Waals surface area contributed by atoms with Gasteiger partial charge in [0.1, 0.15) is 6.07 Å². The highest BCUT2D eigenvalue weighted by molar-refractivity contribution is 5.76. The second-order valence-corrected chi connectivity index (χ2v) is 7.09. The van der Waals surface area contributed by atoms with Crippen LogP contribution in [0.5, 0.6) is 0 Å². The van der Waals surface area contributed by atoms with Crippen LogP contribution in [0.15, 0.2) is 36.4 Å². The Morgan fingerprint density at radius 3 is 2.42 bits per heavy atom. The molecule has 0 radical (unpaired) electrons. The van der Waals surface area contributed by atoms with Crippen LogP contribution < -0.4 is 10.6 Å². The largest absolute Gasteiger partial charge is 0.383 e. The highest BCUT2D eigenvalue weighted by atomic mass is 15.1. The Morgan fingerprint density at radius 2 is 1.73 bits per heavy atom. The van der Waals surface area contributed by atoms with E-state index in [1.54, 1.807) is 0 Å². The number of anilines is 3. The van der Waals surface area contributed by atoms with Gasteiger partial charge in [0.15, 0.2) is 0 Å². The molecule has 2 N–H and O–H groups in total. The van der Waals surface area contributed by atoms with Crippen molar-refractivity contribution in [2.75, 3.05) is 36.8 Å². The molecule has 2 aromatic rings. The average molecular weight is 348 g/mol. The molecule has 0 atom stereocenters. The molecule has 0 saturated carbocycles. The van der Waals surface area contributed by atoms with Gasteiger partial charge in [0.2, 0.25) is 0 Å². The van der Waals surface area contributed by atoms with E-state index >= 15 is 0 Å². The lowest BCUT2D eigenvalue weighted by Crippen LogP contribution is -2.33. The molecular formula is C22H28N4. The maximum absolute atomic E-state index is 9.49. The van der Waals surface area contributed by atoms with Gasteiger partial charge in [0, 0.05) is 24.5 Å². The summed E-state index contributed by atoms with van der Waals surface area (Å²) in [5, 5.41) is 16.5. The summed E-state index contributed by atoms with van der Waals surface area (Å²) in [5.74, 6) is 0. The fraction of sp³-hybridized carbons (Fsp3) is 0.409. The van der Waals surface area contributed by atoms with E-state index in [0.717, 1.165) is 35.7 Å². The van der Waals surface area contributed by atoms with Crippen molar-refractivity contribution < 1.29 is 0 Å². The maximum atomic E-state index is 9.49. The van der Waals surface area contributed by atoms with Crippen molar-refractivity contribution >= 4 is 17.1 Å². The van der Waals surface area contributed by atoms with E-state index in [4.69, 9.17) is 0 Å². The number of nitrogens with zero attached hydrogens (tertiary/aromatic N) is 2. The smallest absolute Gasteiger partial charge is 0.101 e. The van der Waals surface area contributed by atoms with Gasteiger partial charge in [-0.3, -0.25) is 0 Å². The third kappa shape index (κ3) is 4.56. The first kappa shape index (κ1) is 18.3. The Labute approximate surface area is 156 Å². The first-order valence-electron chi connectivity index (χ1n) is 9.51. The molecule has 1 aliphatic rings. The number of nitriles is 1. The zero-order chi connectivity index (χ0) is 18.4. The summed E-state index contributed by atoms with van der Waals surface area (Å²) >= 11 is 0. The van der Waals surface area contributed by atoms with Crippen LogP contribution in [0.3, 0.4) is 0 Å². The molecule has 1 aliphatic heterocycles. The van der Waals surface area contributed by atoms with Gasteiger partial charge >= 0.3 is 0 Å². The summed E-state index contributed by atoms with van der Waals surface area (Å²) in [6, 6.07) is 14.5. The van der Waals surface area contributed by atoms with E-state index in [1.165, 1.54) is 37.9 Å². The predicted octanol–water partition coefficient (Wildman–Crippen LogP) is 4.82. The molecule has 0 unspecified atom stereocenters. The van der Waals surface area contributed by atoms with Gasteiger partial charge in [0.05, 0.1) is 11.3 Å². The first-order chi connectivity index (χ1) is 12.7. The fourth-order valence-electron chi connectivity index (χ4n) is 3.47. The standard InChI is InChI=1S/C22H28N4/c1-17-6-9-20(10-7-17)25-22-18(2)21(11-8-19(22)16-23)24-12-15-26-13-4-3-5-14-26/h6-11,24-25H,3-5,12-15H2,1-2H3. The quantitative estimate of drug-likeness (QED) is 0.786. The van der Waals surface area contributed by atoms with Gasteiger partial charge in [-0.1, -0.05) is 24.1 Å². The number of likely N-dealkylation sites (tertiary alicyclic amines) is 1. The number of benzene rings is 2. The van der Waals surface area contributed by atoms with Crippen LogP contribution in [0.1, 0.15) is 36.0 Å². The highest BCUT2D eigenvalue weighted by Crippen LogP contribution is 2.30. The van der Waals surface area contributed by atoms with E-state index < -0.39 is 0 Å². The lowest BCUT2D eigenvalue weighted by molar-refractivity contribution is 0.237. The number of piperidine rings is 1. The van der Waals surface area contributed by atoms with Crippen LogP contribution in [-0.2, 0) is 0 Å². The van der Waals surface area contributed by atoms with Crippen molar-refractivity contribution in [3.63, 3.8) is 0 Å². The Morgan fingerprint density at radius 1 is 1.00 bits per heavy atom. The third-order valence-corrected chi connectivity index (χ3v) is 5.10. The summed E-state index contributed by atoms with van der Waals surface area (Å²) in [7, 11) is 0. The minimum Gasteiger partial charge on any atom is -0.383 e. The van der Waals surface area contributed by atoms with Crippen LogP contribution in [0.25, 0.3) is 0 Å². The molecule has 4 heteroatoms. The lowest BCUT2D eigenvalue weighted by atomic mass is 10.1. The monoisotopic (exact) mass is 348 g/mol. The second-order valence-electron chi connectivity index (χ2n) is 7.09. The highest BCUT2D eigenvalue weighted by Gasteiger charge is 2.12. The van der Waals surface area contributed by atoms with E-state index in [9.17, 15) is 5.26 Å².